The molecule has 3 unspecified atom stereocenters. The summed E-state index contributed by atoms with van der Waals surface area (Å²) in [6, 6.07) is 6.29. The molecule has 1 fully saturated rings. The van der Waals surface area contributed by atoms with Crippen LogP contribution in [0.25, 0.3) is 0 Å². The van der Waals surface area contributed by atoms with Gasteiger partial charge in [0.25, 0.3) is 0 Å². The van der Waals surface area contributed by atoms with Crippen molar-refractivity contribution in [1.29, 1.82) is 5.26 Å². The number of benzene rings is 1. The Kier molecular flexibility index (Phi) is 4.47. The van der Waals surface area contributed by atoms with E-state index in [4.69, 9.17) is 5.26 Å². The number of hydrogen-bond donors (Lipinski definition) is 3. The fraction of sp³-hybridized carbons (Fsp3) is 0.333. The average molecular weight is 327 g/mol. The lowest BCUT2D eigenvalue weighted by atomic mass is 10.1. The zero-order valence-electron chi connectivity index (χ0n) is 9.86. The molecule has 1 aliphatic heterocycles. The Hall–Kier alpha value is -1.49. The van der Waals surface area contributed by atoms with Crippen LogP contribution < -0.4 is 16.2 Å². The average Bonchev–Trinajstić information content (AvgIpc) is 2.83. The maximum absolute atomic E-state index is 13.6. The third kappa shape index (κ3) is 3.10. The fourth-order valence-corrected chi connectivity index (χ4v) is 2.36. The van der Waals surface area contributed by atoms with Crippen LogP contribution >= 0.6 is 15.9 Å². The van der Waals surface area contributed by atoms with Crippen LogP contribution in [0.4, 0.5) is 4.39 Å². The summed E-state index contributed by atoms with van der Waals surface area (Å²) in [6.07, 6.45) is 0. The zero-order chi connectivity index (χ0) is 13.8. The summed E-state index contributed by atoms with van der Waals surface area (Å²) in [5.41, 5.74) is 5.78. The lowest BCUT2D eigenvalue weighted by Gasteiger charge is -2.17. The van der Waals surface area contributed by atoms with Crippen LogP contribution in [-0.2, 0) is 4.79 Å². The van der Waals surface area contributed by atoms with E-state index in [0.717, 1.165) is 0 Å². The minimum Gasteiger partial charge on any atom is -0.335 e. The van der Waals surface area contributed by atoms with Gasteiger partial charge in [0.15, 0.2) is 0 Å². The summed E-state index contributed by atoms with van der Waals surface area (Å²) in [5.74, 6) is -0.871. The molecule has 3 N–H and O–H groups in total. The highest BCUT2D eigenvalue weighted by molar-refractivity contribution is 9.09. The quantitative estimate of drug-likeness (QED) is 0.716. The van der Waals surface area contributed by atoms with Crippen molar-refractivity contribution < 1.29 is 9.18 Å². The van der Waals surface area contributed by atoms with Gasteiger partial charge >= 0.3 is 0 Å². The molecule has 0 aromatic heterocycles. The molecule has 1 heterocycles. The second-order valence-corrected chi connectivity index (χ2v) is 5.29. The molecular weight excluding hydrogens is 315 g/mol. The highest BCUT2D eigenvalue weighted by Gasteiger charge is 2.32. The molecule has 1 aromatic carbocycles. The molecule has 1 amide bonds. The molecule has 7 heteroatoms. The number of hydrogen-bond acceptors (Lipinski definition) is 4. The van der Waals surface area contributed by atoms with Crippen LogP contribution in [0, 0.1) is 17.1 Å². The third-order valence-electron chi connectivity index (χ3n) is 2.83. The van der Waals surface area contributed by atoms with Crippen LogP contribution in [0.15, 0.2) is 24.3 Å². The number of nitrogens with one attached hydrogen (secondary N) is 3. The molecule has 0 bridgehead atoms. The van der Waals surface area contributed by atoms with E-state index in [9.17, 15) is 9.18 Å². The first-order valence-electron chi connectivity index (χ1n) is 5.70. The molecule has 19 heavy (non-hydrogen) atoms. The van der Waals surface area contributed by atoms with Crippen LogP contribution in [-0.4, -0.2) is 23.3 Å². The lowest BCUT2D eigenvalue weighted by Crippen LogP contribution is -2.47. The molecule has 0 radical (unpaired) electrons. The number of amides is 1. The number of hydrazine groups is 1. The van der Waals surface area contributed by atoms with Crippen molar-refractivity contribution in [3.63, 3.8) is 0 Å². The number of halogens is 2. The summed E-state index contributed by atoms with van der Waals surface area (Å²) in [5, 5.41) is 11.6. The standard InChI is InChI=1S/C12H12BrFN4O/c13-8-6-16-18-11(8)12(19)17-10(5-15)7-3-1-2-4-9(7)14/h1-4,8,10-11,16,18H,6H2,(H,17,19). The van der Waals surface area contributed by atoms with Gasteiger partial charge in [-0.2, -0.15) is 5.26 Å². The number of nitrogens with zero attached hydrogens (tertiary/aromatic N) is 1. The number of carbonyl (C=O) groups excluding carboxylic acids is 1. The molecule has 1 aromatic rings. The van der Waals surface area contributed by atoms with E-state index in [1.165, 1.54) is 18.2 Å². The van der Waals surface area contributed by atoms with E-state index < -0.39 is 17.9 Å². The predicted molar refractivity (Wildman–Crippen MR) is 70.5 cm³/mol. The Morgan fingerprint density at radius 3 is 2.89 bits per heavy atom. The Morgan fingerprint density at radius 2 is 2.32 bits per heavy atom. The Morgan fingerprint density at radius 1 is 1.58 bits per heavy atom. The molecule has 5 nitrogen and oxygen atoms in total. The molecule has 100 valence electrons. The maximum atomic E-state index is 13.6. The van der Waals surface area contributed by atoms with Gasteiger partial charge in [-0.15, -0.1) is 0 Å². The lowest BCUT2D eigenvalue weighted by molar-refractivity contribution is -0.123. The first kappa shape index (κ1) is 13.9. The summed E-state index contributed by atoms with van der Waals surface area (Å²) in [6.45, 7) is 0.592. The van der Waals surface area contributed by atoms with Gasteiger partial charge in [-0.25, -0.2) is 9.82 Å². The predicted octanol–water partition coefficient (Wildman–Crippen LogP) is 0.746. The first-order valence-corrected chi connectivity index (χ1v) is 6.62. The van der Waals surface area contributed by atoms with Gasteiger partial charge in [-0.1, -0.05) is 34.1 Å². The molecule has 1 aliphatic rings. The van der Waals surface area contributed by atoms with Gasteiger partial charge in [0.1, 0.15) is 17.9 Å². The smallest absolute Gasteiger partial charge is 0.240 e. The van der Waals surface area contributed by atoms with E-state index in [2.05, 4.69) is 32.1 Å². The Bertz CT molecular complexity index is 519. The summed E-state index contributed by atoms with van der Waals surface area (Å²) in [4.78, 5) is 11.9. The highest BCUT2D eigenvalue weighted by atomic mass is 79.9. The zero-order valence-corrected chi connectivity index (χ0v) is 11.4. The van der Waals surface area contributed by atoms with Gasteiger partial charge < -0.3 is 5.32 Å². The fourth-order valence-electron chi connectivity index (χ4n) is 1.83. The normalized spacial score (nSPS) is 23.6. The Labute approximate surface area is 118 Å². The number of alkyl halides is 1. The summed E-state index contributed by atoms with van der Waals surface area (Å²) >= 11 is 3.35. The van der Waals surface area contributed by atoms with Crippen LogP contribution in [0.3, 0.4) is 0 Å². The van der Waals surface area contributed by atoms with Crippen molar-refractivity contribution in [3.05, 3.63) is 35.6 Å². The molecule has 0 saturated carbocycles. The minimum atomic E-state index is -1.00. The van der Waals surface area contributed by atoms with E-state index in [-0.39, 0.29) is 16.3 Å². The van der Waals surface area contributed by atoms with E-state index in [1.807, 2.05) is 6.07 Å². The summed E-state index contributed by atoms with van der Waals surface area (Å²) < 4.78 is 13.6. The van der Waals surface area contributed by atoms with Gasteiger partial charge in [-0.05, 0) is 6.07 Å². The van der Waals surface area contributed by atoms with Crippen molar-refractivity contribution in [3.8, 4) is 6.07 Å². The molecular formula is C12H12BrFN4O. The molecule has 2 rings (SSSR count). The molecule has 3 atom stereocenters. The van der Waals surface area contributed by atoms with Crippen molar-refractivity contribution in [2.24, 2.45) is 0 Å². The Balaban J connectivity index is 2.10. The monoisotopic (exact) mass is 326 g/mol. The van der Waals surface area contributed by atoms with Crippen LogP contribution in [0.5, 0.6) is 0 Å². The number of rotatable bonds is 3. The van der Waals surface area contributed by atoms with E-state index in [0.29, 0.717) is 6.54 Å². The van der Waals surface area contributed by atoms with Crippen molar-refractivity contribution in [2.45, 2.75) is 16.9 Å². The molecule has 1 saturated heterocycles. The second-order valence-electron chi connectivity index (χ2n) is 4.11. The maximum Gasteiger partial charge on any atom is 0.240 e. The van der Waals surface area contributed by atoms with Crippen LogP contribution in [0.2, 0.25) is 0 Å². The molecule has 0 spiro atoms. The summed E-state index contributed by atoms with van der Waals surface area (Å²) in [7, 11) is 0. The highest BCUT2D eigenvalue weighted by Crippen LogP contribution is 2.17. The van der Waals surface area contributed by atoms with E-state index in [1.54, 1.807) is 6.07 Å². The topological polar surface area (TPSA) is 77.0 Å². The SMILES string of the molecule is N#CC(NC(=O)C1NNCC1Br)c1ccccc1F. The third-order valence-corrected chi connectivity index (χ3v) is 3.68. The van der Waals surface area contributed by atoms with Crippen molar-refractivity contribution in [2.75, 3.05) is 6.54 Å². The van der Waals surface area contributed by atoms with Crippen molar-refractivity contribution >= 4 is 21.8 Å². The van der Waals surface area contributed by atoms with Gasteiger partial charge in [0, 0.05) is 12.1 Å². The first-order chi connectivity index (χ1) is 9.13. The largest absolute Gasteiger partial charge is 0.335 e. The minimum absolute atomic E-state index is 0.0764. The molecule has 0 aliphatic carbocycles. The number of nitriles is 1. The van der Waals surface area contributed by atoms with E-state index >= 15 is 0 Å². The van der Waals surface area contributed by atoms with Crippen LogP contribution in [0.1, 0.15) is 11.6 Å². The second kappa shape index (κ2) is 6.10. The van der Waals surface area contributed by atoms with Gasteiger partial charge in [0.05, 0.1) is 10.9 Å². The van der Waals surface area contributed by atoms with Gasteiger partial charge in [-0.3, -0.25) is 10.2 Å². The van der Waals surface area contributed by atoms with Crippen molar-refractivity contribution in [1.82, 2.24) is 16.2 Å². The van der Waals surface area contributed by atoms with Gasteiger partial charge in [0.2, 0.25) is 5.91 Å². The number of carbonyl (C=O) groups is 1.